The van der Waals surface area contributed by atoms with Crippen molar-refractivity contribution in [3.8, 4) is 12.1 Å². The molecule has 260 valence electrons. The predicted octanol–water partition coefficient (Wildman–Crippen LogP) is 4.35. The summed E-state index contributed by atoms with van der Waals surface area (Å²) in [7, 11) is 3.33. The fourth-order valence-electron chi connectivity index (χ4n) is 8.15. The summed E-state index contributed by atoms with van der Waals surface area (Å²) in [4.78, 5) is 30.4. The van der Waals surface area contributed by atoms with E-state index in [4.69, 9.17) is 26.3 Å². The van der Waals surface area contributed by atoms with E-state index in [1.165, 1.54) is 4.90 Å². The molecule has 8 rings (SSSR count). The molecule has 4 aliphatic rings. The van der Waals surface area contributed by atoms with Crippen LogP contribution in [0, 0.1) is 18.3 Å². The van der Waals surface area contributed by atoms with E-state index in [-0.39, 0.29) is 30.8 Å². The Kier molecular flexibility index (Phi) is 8.14. The molecule has 0 saturated carbocycles. The van der Waals surface area contributed by atoms with Gasteiger partial charge in [0, 0.05) is 58.6 Å². The summed E-state index contributed by atoms with van der Waals surface area (Å²) < 4.78 is 22.8. The first kappa shape index (κ1) is 32.5. The van der Waals surface area contributed by atoms with Gasteiger partial charge in [-0.2, -0.15) is 25.4 Å². The molecule has 15 heteroatoms. The van der Waals surface area contributed by atoms with E-state index in [9.17, 15) is 14.4 Å². The summed E-state index contributed by atoms with van der Waals surface area (Å²) in [6, 6.07) is 6.67. The van der Waals surface area contributed by atoms with E-state index >= 15 is 0 Å². The van der Waals surface area contributed by atoms with Crippen molar-refractivity contribution in [2.45, 2.75) is 57.4 Å². The SMILES string of the molecule is Cc1ccc2[nH]ncc2c1C1=CCN(c2nc(OC[C@@]34CCCN3C[C@H](F)C4)nc(N3CCCn4nc(C(=O)N(C)C)c(Cl)c4C3)c2C#N)C1. The highest BCUT2D eigenvalue weighted by Gasteiger charge is 2.49. The van der Waals surface area contributed by atoms with E-state index in [1.807, 2.05) is 17.2 Å². The highest BCUT2D eigenvalue weighted by atomic mass is 35.5. The molecule has 2 saturated heterocycles. The second kappa shape index (κ2) is 12.5. The number of fused-ring (bicyclic) bond motifs is 3. The molecule has 0 aliphatic carbocycles. The average molecular weight is 700 g/mol. The van der Waals surface area contributed by atoms with Gasteiger partial charge in [0.2, 0.25) is 0 Å². The predicted molar refractivity (Wildman–Crippen MR) is 187 cm³/mol. The van der Waals surface area contributed by atoms with Crippen molar-refractivity contribution in [2.75, 3.05) is 63.2 Å². The smallest absolute Gasteiger partial charge is 0.320 e. The fraction of sp³-hybridized carbons (Fsp3) is 0.486. The zero-order chi connectivity index (χ0) is 34.7. The van der Waals surface area contributed by atoms with E-state index in [0.29, 0.717) is 73.5 Å². The van der Waals surface area contributed by atoms with Crippen molar-refractivity contribution in [3.63, 3.8) is 0 Å². The van der Waals surface area contributed by atoms with Crippen LogP contribution in [0.2, 0.25) is 5.02 Å². The monoisotopic (exact) mass is 699 g/mol. The normalized spacial score (nSPS) is 22.0. The van der Waals surface area contributed by atoms with Crippen molar-refractivity contribution in [1.82, 2.24) is 39.7 Å². The van der Waals surface area contributed by atoms with Crippen molar-refractivity contribution in [3.05, 3.63) is 57.5 Å². The Bertz CT molecular complexity index is 2070. The van der Waals surface area contributed by atoms with E-state index in [2.05, 4.69) is 50.2 Å². The highest BCUT2D eigenvalue weighted by Crippen LogP contribution is 2.41. The van der Waals surface area contributed by atoms with Gasteiger partial charge in [-0.1, -0.05) is 23.7 Å². The Balaban J connectivity index is 1.17. The number of aryl methyl sites for hydroxylation is 2. The molecule has 0 radical (unpaired) electrons. The third-order valence-electron chi connectivity index (χ3n) is 10.6. The summed E-state index contributed by atoms with van der Waals surface area (Å²) in [5.41, 5.74) is 5.13. The molecule has 4 aromatic rings. The standard InChI is InChI=1S/C35H39ClFN11O2/c1-21-6-7-26-25(16-39-42-26)28(21)22-8-13-46(17-22)32-24(15-38)31(40-34(41-32)50-20-35-9-4-11-47(35)18-23(37)14-35)45-10-5-12-48-27(19-45)29(36)30(43-48)33(49)44(2)3/h6-8,16,23H,4-5,9-14,17-20H2,1-3H3,(H,39,42)/t23-,35+/m1/s1. The van der Waals surface area contributed by atoms with Crippen LogP contribution in [0.4, 0.5) is 16.0 Å². The molecule has 0 bridgehead atoms. The van der Waals surface area contributed by atoms with Crippen LogP contribution in [0.25, 0.3) is 16.5 Å². The van der Waals surface area contributed by atoms with Gasteiger partial charge in [-0.05, 0) is 55.5 Å². The van der Waals surface area contributed by atoms with Gasteiger partial charge in [-0.25, -0.2) is 4.39 Å². The van der Waals surface area contributed by atoms with Crippen LogP contribution in [-0.2, 0) is 13.1 Å². The number of nitrogens with one attached hydrogen (secondary N) is 1. The molecule has 3 aromatic heterocycles. The van der Waals surface area contributed by atoms with Gasteiger partial charge >= 0.3 is 6.01 Å². The number of H-pyrrole nitrogens is 1. The quantitative estimate of drug-likeness (QED) is 0.297. The number of nitrogens with zero attached hydrogens (tertiary/aromatic N) is 10. The van der Waals surface area contributed by atoms with Crippen LogP contribution in [0.15, 0.2) is 24.4 Å². The number of hydrogen-bond acceptors (Lipinski definition) is 10. The third kappa shape index (κ3) is 5.43. The van der Waals surface area contributed by atoms with Crippen LogP contribution in [-0.4, -0.2) is 111 Å². The molecular weight excluding hydrogens is 661 g/mol. The molecule has 4 aliphatic heterocycles. The van der Waals surface area contributed by atoms with E-state index < -0.39 is 11.7 Å². The molecule has 0 unspecified atom stereocenters. The number of halogens is 2. The Hall–Kier alpha value is -4.74. The van der Waals surface area contributed by atoms with Crippen molar-refractivity contribution in [2.24, 2.45) is 0 Å². The maximum atomic E-state index is 14.6. The first-order valence-electron chi connectivity index (χ1n) is 17.1. The summed E-state index contributed by atoms with van der Waals surface area (Å²) in [6.07, 6.45) is 6.07. The molecule has 1 aromatic carbocycles. The average Bonchev–Trinajstić information content (AvgIpc) is 3.92. The summed E-state index contributed by atoms with van der Waals surface area (Å²) in [5.74, 6) is 0.621. The lowest BCUT2D eigenvalue weighted by Gasteiger charge is -2.31. The molecule has 50 heavy (non-hydrogen) atoms. The first-order chi connectivity index (χ1) is 24.2. The topological polar surface area (TPSA) is 135 Å². The molecule has 13 nitrogen and oxygen atoms in total. The Labute approximate surface area is 294 Å². The number of carbonyl (C=O) groups is 1. The molecule has 0 spiro atoms. The van der Waals surface area contributed by atoms with Crippen molar-refractivity contribution < 1.29 is 13.9 Å². The minimum absolute atomic E-state index is 0.145. The minimum Gasteiger partial charge on any atom is -0.461 e. The number of carbonyl (C=O) groups excluding carboxylic acids is 1. The van der Waals surface area contributed by atoms with Crippen LogP contribution < -0.4 is 14.5 Å². The van der Waals surface area contributed by atoms with Gasteiger partial charge in [0.25, 0.3) is 5.91 Å². The Morgan fingerprint density at radius 3 is 2.80 bits per heavy atom. The number of nitriles is 1. The Morgan fingerprint density at radius 2 is 2.00 bits per heavy atom. The van der Waals surface area contributed by atoms with Gasteiger partial charge in [0.15, 0.2) is 17.3 Å². The number of rotatable bonds is 7. The number of aromatic amines is 1. The number of anilines is 2. The number of hydrogen-bond donors (Lipinski definition) is 1. The maximum Gasteiger partial charge on any atom is 0.320 e. The van der Waals surface area contributed by atoms with Crippen LogP contribution in [0.1, 0.15) is 58.6 Å². The molecule has 2 atom stereocenters. The Morgan fingerprint density at radius 1 is 1.18 bits per heavy atom. The molecule has 1 amide bonds. The zero-order valence-electron chi connectivity index (χ0n) is 28.4. The molecule has 1 N–H and O–H groups in total. The first-order valence-corrected chi connectivity index (χ1v) is 17.5. The third-order valence-corrected chi connectivity index (χ3v) is 11.0. The second-order valence-electron chi connectivity index (χ2n) is 14.0. The lowest BCUT2D eigenvalue weighted by Crippen LogP contribution is -2.43. The van der Waals surface area contributed by atoms with Gasteiger partial charge in [-0.3, -0.25) is 19.5 Å². The highest BCUT2D eigenvalue weighted by molar-refractivity contribution is 6.34. The lowest BCUT2D eigenvalue weighted by atomic mass is 9.95. The minimum atomic E-state index is -0.889. The zero-order valence-corrected chi connectivity index (χ0v) is 29.2. The number of amides is 1. The summed E-state index contributed by atoms with van der Waals surface area (Å²) in [6.45, 7) is 6.06. The van der Waals surface area contributed by atoms with Gasteiger partial charge in [0.05, 0.1) is 34.5 Å². The van der Waals surface area contributed by atoms with E-state index in [1.54, 1.807) is 18.8 Å². The number of benzene rings is 1. The van der Waals surface area contributed by atoms with Crippen molar-refractivity contribution >= 4 is 45.6 Å². The van der Waals surface area contributed by atoms with Crippen LogP contribution >= 0.6 is 11.6 Å². The molecular formula is C35H39ClFN11O2. The number of alkyl halides is 1. The fourth-order valence-corrected chi connectivity index (χ4v) is 8.43. The van der Waals surface area contributed by atoms with Gasteiger partial charge in [-0.15, -0.1) is 0 Å². The largest absolute Gasteiger partial charge is 0.461 e. The van der Waals surface area contributed by atoms with E-state index in [0.717, 1.165) is 47.0 Å². The lowest BCUT2D eigenvalue weighted by molar-refractivity contribution is 0.0821. The molecule has 2 fully saturated rings. The van der Waals surface area contributed by atoms with Gasteiger partial charge < -0.3 is 19.4 Å². The van der Waals surface area contributed by atoms with Crippen LogP contribution in [0.3, 0.4) is 0 Å². The van der Waals surface area contributed by atoms with Gasteiger partial charge in [0.1, 0.15) is 24.4 Å². The maximum absolute atomic E-state index is 14.6. The van der Waals surface area contributed by atoms with Crippen LogP contribution in [0.5, 0.6) is 6.01 Å². The number of ether oxygens (including phenoxy) is 1. The number of aromatic nitrogens is 6. The molecule has 7 heterocycles. The second-order valence-corrected chi connectivity index (χ2v) is 14.4. The summed E-state index contributed by atoms with van der Waals surface area (Å²) >= 11 is 6.81. The van der Waals surface area contributed by atoms with Crippen molar-refractivity contribution in [1.29, 1.82) is 5.26 Å². The summed E-state index contributed by atoms with van der Waals surface area (Å²) in [5, 5.41) is 24.0.